The number of hydrogen-bond acceptors (Lipinski definition) is 7. The molecule has 3 aromatic rings. The highest BCUT2D eigenvalue weighted by Crippen LogP contribution is 2.31. The van der Waals surface area contributed by atoms with E-state index >= 15 is 0 Å². The van der Waals surface area contributed by atoms with Crippen LogP contribution in [0.5, 0.6) is 11.5 Å². The molecule has 4 rings (SSSR count). The Labute approximate surface area is 219 Å². The number of nitro benzene ring substituents is 1. The van der Waals surface area contributed by atoms with Crippen molar-refractivity contribution in [2.75, 3.05) is 12.0 Å². The maximum absolute atomic E-state index is 13.2. The second kappa shape index (κ2) is 10.6. The van der Waals surface area contributed by atoms with Crippen molar-refractivity contribution in [3.8, 4) is 11.5 Å². The maximum Gasteiger partial charge on any atom is 0.335 e. The van der Waals surface area contributed by atoms with Gasteiger partial charge in [-0.3, -0.25) is 25.0 Å². The molecule has 1 heterocycles. The molecule has 0 aliphatic carbocycles. The maximum atomic E-state index is 13.2. The van der Waals surface area contributed by atoms with Crippen molar-refractivity contribution in [1.82, 2.24) is 5.32 Å². The molecule has 10 nitrogen and oxygen atoms in total. The van der Waals surface area contributed by atoms with Crippen molar-refractivity contribution in [2.45, 2.75) is 13.5 Å². The molecule has 0 unspecified atom stereocenters. The highest BCUT2D eigenvalue weighted by molar-refractivity contribution is 9.10. The largest absolute Gasteiger partial charge is 0.493 e. The van der Waals surface area contributed by atoms with Crippen LogP contribution in [0.2, 0.25) is 0 Å². The first-order valence-corrected chi connectivity index (χ1v) is 11.7. The minimum absolute atomic E-state index is 0.0180. The van der Waals surface area contributed by atoms with Gasteiger partial charge in [0, 0.05) is 16.6 Å². The van der Waals surface area contributed by atoms with Gasteiger partial charge in [0.25, 0.3) is 17.5 Å². The van der Waals surface area contributed by atoms with Crippen LogP contribution < -0.4 is 19.7 Å². The van der Waals surface area contributed by atoms with Gasteiger partial charge in [-0.1, -0.05) is 22.0 Å². The molecule has 1 aliphatic heterocycles. The Morgan fingerprint density at radius 2 is 1.76 bits per heavy atom. The Hall–Kier alpha value is -4.51. The fourth-order valence-electron chi connectivity index (χ4n) is 3.59. The van der Waals surface area contributed by atoms with Gasteiger partial charge in [-0.2, -0.15) is 0 Å². The first kappa shape index (κ1) is 25.6. The number of halogens is 1. The lowest BCUT2D eigenvalue weighted by molar-refractivity contribution is -0.384. The number of nitro groups is 1. The van der Waals surface area contributed by atoms with E-state index in [0.29, 0.717) is 22.7 Å². The normalized spacial score (nSPS) is 14.5. The fraction of sp³-hybridized carbons (Fsp3) is 0.115. The third kappa shape index (κ3) is 5.51. The third-order valence-corrected chi connectivity index (χ3v) is 6.43. The van der Waals surface area contributed by atoms with Crippen LogP contribution in [0.15, 0.2) is 70.7 Å². The van der Waals surface area contributed by atoms with E-state index in [0.717, 1.165) is 20.5 Å². The summed E-state index contributed by atoms with van der Waals surface area (Å²) >= 11 is 3.38. The van der Waals surface area contributed by atoms with Crippen molar-refractivity contribution >= 4 is 51.2 Å². The molecular weight excluding hydrogens is 546 g/mol. The number of barbiturate groups is 1. The second-order valence-corrected chi connectivity index (χ2v) is 8.87. The molecule has 0 bridgehead atoms. The van der Waals surface area contributed by atoms with Crippen LogP contribution in [0.3, 0.4) is 0 Å². The van der Waals surface area contributed by atoms with E-state index < -0.39 is 22.8 Å². The summed E-state index contributed by atoms with van der Waals surface area (Å²) in [4.78, 5) is 49.4. The molecule has 1 fully saturated rings. The van der Waals surface area contributed by atoms with E-state index in [1.54, 1.807) is 48.5 Å². The molecule has 1 N–H and O–H groups in total. The lowest BCUT2D eigenvalue weighted by atomic mass is 10.1. The Morgan fingerprint density at radius 3 is 2.41 bits per heavy atom. The van der Waals surface area contributed by atoms with Crippen molar-refractivity contribution < 1.29 is 28.8 Å². The first-order chi connectivity index (χ1) is 17.7. The lowest BCUT2D eigenvalue weighted by Gasteiger charge is -2.26. The molecule has 1 saturated heterocycles. The predicted octanol–water partition coefficient (Wildman–Crippen LogP) is 4.92. The molecule has 188 valence electrons. The molecule has 0 atom stereocenters. The van der Waals surface area contributed by atoms with Crippen LogP contribution in [-0.2, 0) is 16.2 Å². The van der Waals surface area contributed by atoms with Gasteiger partial charge in [0.05, 0.1) is 17.7 Å². The number of non-ortho nitro benzene ring substituents is 1. The number of carbonyl (C=O) groups excluding carboxylic acids is 3. The zero-order valence-corrected chi connectivity index (χ0v) is 21.3. The van der Waals surface area contributed by atoms with Gasteiger partial charge in [-0.25, -0.2) is 9.69 Å². The number of imide groups is 2. The number of carbonyl (C=O) groups is 3. The fourth-order valence-corrected chi connectivity index (χ4v) is 3.84. The third-order valence-electron chi connectivity index (χ3n) is 5.54. The van der Waals surface area contributed by atoms with E-state index in [4.69, 9.17) is 9.47 Å². The van der Waals surface area contributed by atoms with E-state index in [1.807, 2.05) is 6.92 Å². The highest BCUT2D eigenvalue weighted by Gasteiger charge is 2.37. The molecule has 11 heteroatoms. The predicted molar refractivity (Wildman–Crippen MR) is 138 cm³/mol. The van der Waals surface area contributed by atoms with E-state index in [2.05, 4.69) is 21.2 Å². The first-order valence-electron chi connectivity index (χ1n) is 10.9. The number of nitrogens with zero attached hydrogens (tertiary/aromatic N) is 2. The van der Waals surface area contributed by atoms with E-state index in [-0.39, 0.29) is 17.9 Å². The molecular formula is C26H20BrN3O7. The van der Waals surface area contributed by atoms with Crippen molar-refractivity contribution in [3.63, 3.8) is 0 Å². The highest BCUT2D eigenvalue weighted by atomic mass is 79.9. The van der Waals surface area contributed by atoms with Crippen molar-refractivity contribution in [2.24, 2.45) is 0 Å². The average Bonchev–Trinajstić information content (AvgIpc) is 2.87. The summed E-state index contributed by atoms with van der Waals surface area (Å²) in [5.74, 6) is -0.827. The van der Waals surface area contributed by atoms with Crippen LogP contribution in [0.1, 0.15) is 16.7 Å². The lowest BCUT2D eigenvalue weighted by Crippen LogP contribution is -2.54. The summed E-state index contributed by atoms with van der Waals surface area (Å²) in [6, 6.07) is 14.9. The number of urea groups is 1. The quantitative estimate of drug-likeness (QED) is 0.186. The second-order valence-electron chi connectivity index (χ2n) is 8.01. The van der Waals surface area contributed by atoms with E-state index in [9.17, 15) is 24.5 Å². The standard InChI is InChI=1S/C26H20BrN3O7/c1-15-11-19(8-9-21(15)27)29-25(32)20(24(31)28-26(29)33)12-17-5-10-22(23(13-17)36-2)37-14-16-3-6-18(7-4-16)30(34)35/h3-13H,14H2,1-2H3,(H,28,31,33)/b20-12+. The number of aryl methyl sites for hydroxylation is 1. The topological polar surface area (TPSA) is 128 Å². The van der Waals surface area contributed by atoms with Gasteiger partial charge in [0.15, 0.2) is 11.5 Å². The average molecular weight is 566 g/mol. The summed E-state index contributed by atoms with van der Waals surface area (Å²) in [6.07, 6.45) is 1.37. The zero-order valence-electron chi connectivity index (χ0n) is 19.7. The monoisotopic (exact) mass is 565 g/mol. The van der Waals surface area contributed by atoms with Crippen LogP contribution in [0.4, 0.5) is 16.2 Å². The molecule has 37 heavy (non-hydrogen) atoms. The van der Waals surface area contributed by atoms with Crippen molar-refractivity contribution in [1.29, 1.82) is 0 Å². The Balaban J connectivity index is 1.57. The molecule has 0 aromatic heterocycles. The molecule has 3 aromatic carbocycles. The van der Waals surface area contributed by atoms with Gasteiger partial charge in [-0.05, 0) is 72.2 Å². The summed E-state index contributed by atoms with van der Waals surface area (Å²) in [7, 11) is 1.44. The molecule has 4 amide bonds. The van der Waals surface area contributed by atoms with Crippen LogP contribution in [0.25, 0.3) is 6.08 Å². The number of anilines is 1. The van der Waals surface area contributed by atoms with Gasteiger partial charge in [0.2, 0.25) is 0 Å². The molecule has 1 aliphatic rings. The number of amides is 4. The number of ether oxygens (including phenoxy) is 2. The Morgan fingerprint density at radius 1 is 1.03 bits per heavy atom. The van der Waals surface area contributed by atoms with Crippen LogP contribution in [0, 0.1) is 17.0 Å². The molecule has 0 saturated carbocycles. The molecule has 0 spiro atoms. The Kier molecular flexibility index (Phi) is 7.35. The zero-order chi connectivity index (χ0) is 26.7. The summed E-state index contributed by atoms with van der Waals surface area (Å²) in [6.45, 7) is 1.96. The number of hydrogen-bond donors (Lipinski definition) is 1. The van der Waals surface area contributed by atoms with Gasteiger partial charge < -0.3 is 9.47 Å². The van der Waals surface area contributed by atoms with Gasteiger partial charge in [-0.15, -0.1) is 0 Å². The summed E-state index contributed by atoms with van der Waals surface area (Å²) in [5.41, 5.74) is 2.09. The number of methoxy groups -OCH3 is 1. The minimum Gasteiger partial charge on any atom is -0.493 e. The summed E-state index contributed by atoms with van der Waals surface area (Å²) in [5, 5.41) is 13.0. The minimum atomic E-state index is -0.832. The Bertz CT molecular complexity index is 1450. The number of rotatable bonds is 7. The number of benzene rings is 3. The van der Waals surface area contributed by atoms with Crippen molar-refractivity contribution in [3.05, 3.63) is 97.5 Å². The van der Waals surface area contributed by atoms with Gasteiger partial charge >= 0.3 is 6.03 Å². The summed E-state index contributed by atoms with van der Waals surface area (Å²) < 4.78 is 12.0. The van der Waals surface area contributed by atoms with E-state index in [1.165, 1.54) is 25.3 Å². The number of nitrogens with one attached hydrogen (secondary N) is 1. The SMILES string of the molecule is COc1cc(/C=C2\C(=O)NC(=O)N(c3ccc(Br)c(C)c3)C2=O)ccc1OCc1ccc([N+](=O)[O-])cc1. The molecule has 0 radical (unpaired) electrons. The van der Waals surface area contributed by atoms with Gasteiger partial charge in [0.1, 0.15) is 12.2 Å². The van der Waals surface area contributed by atoms with Crippen LogP contribution >= 0.6 is 15.9 Å². The van der Waals surface area contributed by atoms with Crippen LogP contribution in [-0.4, -0.2) is 29.9 Å². The smallest absolute Gasteiger partial charge is 0.335 e.